The SMILES string of the molecule is [2H]C([2H])([2H])C(O)(C=CCC1(C2=CC[C@H]3[C@@H](O)CCC[C@@]23C)CC1)C([2H])([2H])[2H]. The van der Waals surface area contributed by atoms with Crippen LogP contribution in [0, 0.1) is 16.7 Å². The van der Waals surface area contributed by atoms with Gasteiger partial charge in [-0.05, 0) is 75.4 Å². The molecule has 3 aliphatic carbocycles. The molecule has 0 aromatic rings. The van der Waals surface area contributed by atoms with Crippen LogP contribution in [-0.4, -0.2) is 21.9 Å². The summed E-state index contributed by atoms with van der Waals surface area (Å²) in [5, 5.41) is 20.8. The summed E-state index contributed by atoms with van der Waals surface area (Å²) in [6, 6.07) is 0. The minimum absolute atomic E-state index is 0.0354. The van der Waals surface area contributed by atoms with Crippen molar-refractivity contribution in [2.24, 2.45) is 16.7 Å². The van der Waals surface area contributed by atoms with Crippen LogP contribution in [0.4, 0.5) is 0 Å². The molecule has 2 nitrogen and oxygen atoms in total. The molecule has 3 aliphatic rings. The van der Waals surface area contributed by atoms with Gasteiger partial charge in [0.05, 0.1) is 11.7 Å². The summed E-state index contributed by atoms with van der Waals surface area (Å²) in [5.74, 6) is 0.240. The molecule has 0 aliphatic heterocycles. The Bertz CT molecular complexity index is 630. The molecule has 0 unspecified atom stereocenters. The first kappa shape index (κ1) is 9.52. The van der Waals surface area contributed by atoms with Gasteiger partial charge in [0, 0.05) is 8.22 Å². The number of hydrogen-bond acceptors (Lipinski definition) is 2. The third-order valence-corrected chi connectivity index (χ3v) is 5.96. The van der Waals surface area contributed by atoms with E-state index in [0.29, 0.717) is 6.42 Å². The van der Waals surface area contributed by atoms with Crippen molar-refractivity contribution < 1.29 is 18.4 Å². The second-order valence-corrected chi connectivity index (χ2v) is 7.49. The van der Waals surface area contributed by atoms with Crippen LogP contribution in [0.25, 0.3) is 0 Å². The first-order valence-corrected chi connectivity index (χ1v) is 8.06. The Morgan fingerprint density at radius 1 is 1.43 bits per heavy atom. The highest BCUT2D eigenvalue weighted by molar-refractivity contribution is 5.35. The fourth-order valence-corrected chi connectivity index (χ4v) is 4.73. The van der Waals surface area contributed by atoms with Crippen molar-refractivity contribution in [1.29, 1.82) is 0 Å². The number of aliphatic hydroxyl groups excluding tert-OH is 1. The number of hydrogen-bond donors (Lipinski definition) is 2. The first-order valence-electron chi connectivity index (χ1n) is 11.1. The number of fused-ring (bicyclic) bond motifs is 1. The van der Waals surface area contributed by atoms with Crippen LogP contribution in [0.2, 0.25) is 0 Å². The van der Waals surface area contributed by atoms with Gasteiger partial charge in [0.1, 0.15) is 0 Å². The molecule has 0 amide bonds. The summed E-state index contributed by atoms with van der Waals surface area (Å²) < 4.78 is 44.8. The zero-order valence-corrected chi connectivity index (χ0v) is 12.7. The van der Waals surface area contributed by atoms with Gasteiger partial charge in [-0.15, -0.1) is 0 Å². The maximum absolute atomic E-state index is 10.4. The maximum atomic E-state index is 10.4. The van der Waals surface area contributed by atoms with E-state index in [4.69, 9.17) is 8.22 Å². The number of rotatable bonds is 4. The van der Waals surface area contributed by atoms with Gasteiger partial charge in [0.25, 0.3) is 0 Å². The second-order valence-electron chi connectivity index (χ2n) is 7.49. The van der Waals surface area contributed by atoms with E-state index < -0.39 is 19.3 Å². The van der Waals surface area contributed by atoms with Gasteiger partial charge < -0.3 is 10.2 Å². The van der Waals surface area contributed by atoms with E-state index in [0.717, 1.165) is 44.6 Å². The lowest BCUT2D eigenvalue weighted by molar-refractivity contribution is 0.00683. The zero-order chi connectivity index (χ0) is 20.3. The van der Waals surface area contributed by atoms with Crippen molar-refractivity contribution in [2.75, 3.05) is 0 Å². The summed E-state index contributed by atoms with van der Waals surface area (Å²) in [7, 11) is 0. The van der Waals surface area contributed by atoms with E-state index in [-0.39, 0.29) is 22.9 Å². The van der Waals surface area contributed by atoms with Gasteiger partial charge in [-0.25, -0.2) is 0 Å². The highest BCUT2D eigenvalue weighted by Crippen LogP contribution is 2.66. The van der Waals surface area contributed by atoms with Crippen molar-refractivity contribution in [3.05, 3.63) is 23.8 Å². The van der Waals surface area contributed by atoms with Gasteiger partial charge >= 0.3 is 0 Å². The molecule has 3 atom stereocenters. The molecule has 0 aromatic carbocycles. The summed E-state index contributed by atoms with van der Waals surface area (Å²) in [4.78, 5) is 0. The Labute approximate surface area is 137 Å². The lowest BCUT2D eigenvalue weighted by atomic mass is 9.62. The summed E-state index contributed by atoms with van der Waals surface area (Å²) >= 11 is 0. The predicted molar refractivity (Wildman–Crippen MR) is 85.9 cm³/mol. The third-order valence-electron chi connectivity index (χ3n) is 5.96. The van der Waals surface area contributed by atoms with Crippen molar-refractivity contribution in [1.82, 2.24) is 0 Å². The normalized spacial score (nSPS) is 43.9. The van der Waals surface area contributed by atoms with E-state index >= 15 is 0 Å². The lowest BCUT2D eigenvalue weighted by Crippen LogP contribution is -2.40. The molecule has 2 N–H and O–H groups in total. The molecular weight excluding hydrogens is 260 g/mol. The Hall–Kier alpha value is -0.600. The molecule has 0 spiro atoms. The van der Waals surface area contributed by atoms with Crippen LogP contribution >= 0.6 is 0 Å². The van der Waals surface area contributed by atoms with Gasteiger partial charge in [-0.1, -0.05) is 30.7 Å². The van der Waals surface area contributed by atoms with Crippen LogP contribution < -0.4 is 0 Å². The highest BCUT2D eigenvalue weighted by atomic mass is 16.3. The smallest absolute Gasteiger partial charge is 0.0771 e. The van der Waals surface area contributed by atoms with Crippen molar-refractivity contribution in [2.45, 2.75) is 77.3 Å². The topological polar surface area (TPSA) is 40.5 Å². The monoisotopic (exact) mass is 296 g/mol. The van der Waals surface area contributed by atoms with E-state index in [1.54, 1.807) is 6.08 Å². The molecule has 2 saturated carbocycles. The standard InChI is InChI=1S/C19H30O2/c1-17(2,21)9-5-11-19(12-13-19)16-8-7-14-15(20)6-4-10-18(14,16)3/h5,8-9,14-15,20-21H,4,6-7,10-13H2,1-3H3/t14-,15-,18+/m0/s1/i1D3,2D3. The van der Waals surface area contributed by atoms with Crippen molar-refractivity contribution >= 4 is 0 Å². The second kappa shape index (κ2) is 4.96. The molecule has 0 radical (unpaired) electrons. The van der Waals surface area contributed by atoms with Crippen molar-refractivity contribution in [3.8, 4) is 0 Å². The van der Waals surface area contributed by atoms with Gasteiger partial charge in [0.15, 0.2) is 0 Å². The van der Waals surface area contributed by atoms with Gasteiger partial charge in [-0.3, -0.25) is 0 Å². The first-order chi connectivity index (χ1) is 12.3. The van der Waals surface area contributed by atoms with Crippen LogP contribution in [0.3, 0.4) is 0 Å². The molecule has 0 aromatic heterocycles. The van der Waals surface area contributed by atoms with Gasteiger partial charge in [-0.2, -0.15) is 0 Å². The van der Waals surface area contributed by atoms with Crippen LogP contribution in [0.1, 0.15) is 73.8 Å². The number of aliphatic hydroxyl groups is 2. The maximum Gasteiger partial charge on any atom is 0.0771 e. The van der Waals surface area contributed by atoms with E-state index in [2.05, 4.69) is 13.0 Å². The quantitative estimate of drug-likeness (QED) is 0.770. The van der Waals surface area contributed by atoms with Crippen LogP contribution in [0.5, 0.6) is 0 Å². The average Bonchev–Trinajstić information content (AvgIpc) is 3.19. The molecule has 21 heavy (non-hydrogen) atoms. The minimum Gasteiger partial charge on any atom is -0.393 e. The molecule has 118 valence electrons. The zero-order valence-electron chi connectivity index (χ0n) is 18.7. The van der Waals surface area contributed by atoms with E-state index in [9.17, 15) is 10.2 Å². The average molecular weight is 296 g/mol. The Kier molecular flexibility index (Phi) is 2.25. The molecule has 2 fully saturated rings. The Balaban J connectivity index is 1.79. The number of allylic oxidation sites excluding steroid dienone is 3. The lowest BCUT2D eigenvalue weighted by Gasteiger charge is -2.44. The fraction of sp³-hybridized carbons (Fsp3) is 0.789. The Morgan fingerprint density at radius 2 is 2.19 bits per heavy atom. The largest absolute Gasteiger partial charge is 0.393 e. The third kappa shape index (κ3) is 2.73. The molecule has 2 heteroatoms. The highest BCUT2D eigenvalue weighted by Gasteiger charge is 2.56. The van der Waals surface area contributed by atoms with Gasteiger partial charge in [0.2, 0.25) is 0 Å². The molecule has 3 rings (SSSR count). The summed E-state index contributed by atoms with van der Waals surface area (Å²) in [6.45, 7) is -3.82. The summed E-state index contributed by atoms with van der Waals surface area (Å²) in [5.41, 5.74) is -1.61. The van der Waals surface area contributed by atoms with Crippen LogP contribution in [-0.2, 0) is 0 Å². The van der Waals surface area contributed by atoms with Crippen LogP contribution in [0.15, 0.2) is 23.8 Å². The Morgan fingerprint density at radius 3 is 2.86 bits per heavy atom. The molecule has 0 heterocycles. The van der Waals surface area contributed by atoms with E-state index in [1.807, 2.05) is 0 Å². The summed E-state index contributed by atoms with van der Waals surface area (Å²) in [6.07, 6.45) is 10.7. The molecule has 0 saturated heterocycles. The minimum atomic E-state index is -3.03. The predicted octanol–water partition coefficient (Wildman–Crippen LogP) is 3.98. The van der Waals surface area contributed by atoms with Crippen molar-refractivity contribution in [3.63, 3.8) is 0 Å². The van der Waals surface area contributed by atoms with E-state index in [1.165, 1.54) is 5.57 Å². The fourth-order valence-electron chi connectivity index (χ4n) is 4.73. The molecular formula is C19H30O2. The molecule has 0 bridgehead atoms.